The maximum atomic E-state index is 13.1. The zero-order valence-corrected chi connectivity index (χ0v) is 59.7. The van der Waals surface area contributed by atoms with Crippen molar-refractivity contribution in [2.45, 2.75) is 341 Å². The van der Waals surface area contributed by atoms with Crippen molar-refractivity contribution in [1.82, 2.24) is 5.32 Å². The highest BCUT2D eigenvalue weighted by molar-refractivity contribution is 7.45. The summed E-state index contributed by atoms with van der Waals surface area (Å²) in [5.41, 5.74) is 0. The normalized spacial score (nSPS) is 14.3. The SMILES string of the molecule is CC/C=C\C/C=C\C/C=C\C/C=C\C/C=C\C/C=C\C/C=C\CCCCCCCCCCCCCCCCCCCCCC(=O)NC(COP(=O)([O-])OCC[N+](C)(C)C)C(O)/C=C/CC/C=C/CC/C=C/CCCCCCCCCCCCCCCCCC. The van der Waals surface area contributed by atoms with E-state index in [1.807, 2.05) is 27.2 Å². The van der Waals surface area contributed by atoms with Crippen LogP contribution in [0.25, 0.3) is 0 Å². The van der Waals surface area contributed by atoms with Crippen LogP contribution >= 0.6 is 7.82 Å². The number of allylic oxidation sites excluding steroid dienone is 19. The number of likely N-dealkylation sites (N-methyl/N-ethyl adjacent to an activating group) is 1. The first-order chi connectivity index (χ1) is 43.5. The molecule has 3 unspecified atom stereocenters. The predicted molar refractivity (Wildman–Crippen MR) is 389 cm³/mol. The number of carbonyl (C=O) groups is 1. The average molecular weight is 1260 g/mol. The van der Waals surface area contributed by atoms with Gasteiger partial charge in [-0.1, -0.05) is 341 Å². The fraction of sp³-hybridized carbons (Fsp3) is 0.738. The maximum Gasteiger partial charge on any atom is 0.268 e. The number of nitrogens with zero attached hydrogens (tertiary/aromatic N) is 1. The number of nitrogens with one attached hydrogen (secondary N) is 1. The summed E-state index contributed by atoms with van der Waals surface area (Å²) in [6, 6.07) is -0.917. The van der Waals surface area contributed by atoms with Gasteiger partial charge in [-0.25, -0.2) is 0 Å². The second kappa shape index (κ2) is 69.2. The van der Waals surface area contributed by atoms with Gasteiger partial charge >= 0.3 is 0 Å². The number of unbranched alkanes of at least 4 members (excludes halogenated alkanes) is 37. The molecule has 0 aliphatic rings. The highest BCUT2D eigenvalue weighted by atomic mass is 31.2. The number of hydrogen-bond acceptors (Lipinski definition) is 6. The largest absolute Gasteiger partial charge is 0.756 e. The molecule has 0 bridgehead atoms. The van der Waals surface area contributed by atoms with Crippen molar-refractivity contribution >= 4 is 13.7 Å². The van der Waals surface area contributed by atoms with E-state index in [4.69, 9.17) is 9.05 Å². The number of quaternary nitrogens is 1. The summed E-state index contributed by atoms with van der Waals surface area (Å²) in [7, 11) is 1.24. The lowest BCUT2D eigenvalue weighted by atomic mass is 10.0. The van der Waals surface area contributed by atoms with Crippen molar-refractivity contribution in [2.75, 3.05) is 40.9 Å². The Kier molecular flexibility index (Phi) is 66.8. The van der Waals surface area contributed by atoms with Gasteiger partial charge in [-0.3, -0.25) is 9.36 Å². The zero-order valence-electron chi connectivity index (χ0n) is 58.9. The second-order valence-corrected chi connectivity index (χ2v) is 27.7. The van der Waals surface area contributed by atoms with Gasteiger partial charge in [0.05, 0.1) is 39.9 Å². The number of aliphatic hydroxyl groups is 1. The first-order valence-electron chi connectivity index (χ1n) is 37.4. The summed E-state index contributed by atoms with van der Waals surface area (Å²) < 4.78 is 23.5. The molecule has 0 aromatic rings. The third kappa shape index (κ3) is 72.2. The number of hydrogen-bond donors (Lipinski definition) is 2. The van der Waals surface area contributed by atoms with Crippen LogP contribution in [0.5, 0.6) is 0 Å². The third-order valence-electron chi connectivity index (χ3n) is 16.4. The van der Waals surface area contributed by atoms with Gasteiger partial charge < -0.3 is 28.8 Å². The molecular weight excluding hydrogens is 1120 g/mol. The van der Waals surface area contributed by atoms with Crippen molar-refractivity contribution in [3.63, 3.8) is 0 Å². The molecule has 0 aliphatic heterocycles. The molecule has 0 radical (unpaired) electrons. The van der Waals surface area contributed by atoms with E-state index in [1.165, 1.54) is 218 Å². The molecule has 9 heteroatoms. The Bertz CT molecular complexity index is 1870. The minimum Gasteiger partial charge on any atom is -0.756 e. The molecule has 0 saturated carbocycles. The molecule has 0 heterocycles. The molecule has 89 heavy (non-hydrogen) atoms. The van der Waals surface area contributed by atoms with Crippen molar-refractivity contribution in [3.8, 4) is 0 Å². The summed E-state index contributed by atoms with van der Waals surface area (Å²) in [6.45, 7) is 4.53. The van der Waals surface area contributed by atoms with Gasteiger partial charge in [0.25, 0.3) is 7.82 Å². The van der Waals surface area contributed by atoms with Crippen LogP contribution in [0.4, 0.5) is 0 Å². The van der Waals surface area contributed by atoms with E-state index >= 15 is 0 Å². The number of carbonyl (C=O) groups excluding carboxylic acids is 1. The zero-order chi connectivity index (χ0) is 64.8. The fourth-order valence-corrected chi connectivity index (χ4v) is 11.4. The van der Waals surface area contributed by atoms with E-state index in [9.17, 15) is 19.4 Å². The molecule has 0 aromatic heterocycles. The number of rotatable bonds is 68. The smallest absolute Gasteiger partial charge is 0.268 e. The van der Waals surface area contributed by atoms with E-state index in [1.54, 1.807) is 6.08 Å². The highest BCUT2D eigenvalue weighted by Gasteiger charge is 2.23. The third-order valence-corrected chi connectivity index (χ3v) is 17.3. The number of phosphoric ester groups is 1. The Hall–Kier alpha value is -3.10. The lowest BCUT2D eigenvalue weighted by Crippen LogP contribution is -2.45. The van der Waals surface area contributed by atoms with Gasteiger partial charge in [0.2, 0.25) is 5.91 Å². The predicted octanol–water partition coefficient (Wildman–Crippen LogP) is 23.8. The summed E-state index contributed by atoms with van der Waals surface area (Å²) in [6.07, 6.45) is 103. The second-order valence-electron chi connectivity index (χ2n) is 26.3. The van der Waals surface area contributed by atoms with Gasteiger partial charge in [0.1, 0.15) is 13.2 Å². The molecule has 2 N–H and O–H groups in total. The summed E-state index contributed by atoms with van der Waals surface area (Å²) >= 11 is 0. The maximum absolute atomic E-state index is 13.1. The van der Waals surface area contributed by atoms with E-state index in [2.05, 4.69) is 129 Å². The van der Waals surface area contributed by atoms with Crippen LogP contribution in [-0.4, -0.2) is 68.5 Å². The molecule has 0 spiro atoms. The molecule has 3 atom stereocenters. The van der Waals surface area contributed by atoms with Crippen LogP contribution in [0.1, 0.15) is 328 Å². The Morgan fingerprint density at radius 2 is 0.697 bits per heavy atom. The Labute approximate surface area is 552 Å². The Balaban J connectivity index is 4.05. The molecule has 0 aromatic carbocycles. The quantitative estimate of drug-likeness (QED) is 0.0272. The van der Waals surface area contributed by atoms with Gasteiger partial charge in [0, 0.05) is 6.42 Å². The minimum absolute atomic E-state index is 0.0118. The number of amides is 1. The summed E-state index contributed by atoms with van der Waals surface area (Å²) in [4.78, 5) is 25.7. The average Bonchev–Trinajstić information content (AvgIpc) is 3.61. The van der Waals surface area contributed by atoms with Crippen molar-refractivity contribution in [3.05, 3.63) is 122 Å². The monoisotopic (exact) mass is 1260 g/mol. The first-order valence-corrected chi connectivity index (χ1v) is 38.9. The summed E-state index contributed by atoms with van der Waals surface area (Å²) in [5.74, 6) is -0.210. The standard InChI is InChI=1S/C80H143N2O6P/c1-6-8-10-12-14-16-18-20-22-24-26-28-30-32-34-35-36-37-38-39-40-41-42-43-44-45-46-47-48-50-52-54-56-58-60-62-64-66-68-70-72-74-80(84)81-78(77-88-89(85,86)87-76-75-82(3,4)5)79(83)73-71-69-67-65-63-61-59-57-55-53-51-49-33-31-29-27-25-23-21-19-17-15-13-11-9-7-2/h8,10,14,16,20,22,26,28,32,34,36-37,39-40,55,57,63,65,71,73,78-79,83H,6-7,9,11-13,15,17-19,21,23-25,27,29-31,33,35,38,41-54,56,58-62,64,66-70,72,74-77H2,1-5H3,(H-,81,84,85,86)/b10-8-,16-14-,22-20-,28-26-,34-32-,37-36-,40-39-,57-55+,65-63+,73-71+. The van der Waals surface area contributed by atoms with Crippen LogP contribution in [0, 0.1) is 0 Å². The molecular formula is C80H143N2O6P. The van der Waals surface area contributed by atoms with Gasteiger partial charge in [0.15, 0.2) is 0 Å². The van der Waals surface area contributed by atoms with Gasteiger partial charge in [-0.15, -0.1) is 0 Å². The van der Waals surface area contributed by atoms with Crippen LogP contribution < -0.4 is 10.2 Å². The molecule has 0 saturated heterocycles. The van der Waals surface area contributed by atoms with Crippen molar-refractivity contribution in [2.24, 2.45) is 0 Å². The van der Waals surface area contributed by atoms with Gasteiger partial charge in [-0.2, -0.15) is 0 Å². The molecule has 8 nitrogen and oxygen atoms in total. The van der Waals surface area contributed by atoms with E-state index in [-0.39, 0.29) is 12.5 Å². The topological polar surface area (TPSA) is 108 Å². The highest BCUT2D eigenvalue weighted by Crippen LogP contribution is 2.38. The first kappa shape index (κ1) is 85.9. The van der Waals surface area contributed by atoms with E-state index in [0.717, 1.165) is 89.9 Å². The van der Waals surface area contributed by atoms with E-state index < -0.39 is 26.6 Å². The van der Waals surface area contributed by atoms with Crippen LogP contribution in [0.15, 0.2) is 122 Å². The lowest BCUT2D eigenvalue weighted by Gasteiger charge is -2.29. The Morgan fingerprint density at radius 1 is 0.404 bits per heavy atom. The lowest BCUT2D eigenvalue weighted by molar-refractivity contribution is -0.870. The van der Waals surface area contributed by atoms with Gasteiger partial charge in [-0.05, 0) is 103 Å². The van der Waals surface area contributed by atoms with Crippen molar-refractivity contribution in [1.29, 1.82) is 0 Å². The molecule has 0 aliphatic carbocycles. The molecule has 0 fully saturated rings. The van der Waals surface area contributed by atoms with Crippen LogP contribution in [0.3, 0.4) is 0 Å². The van der Waals surface area contributed by atoms with Crippen LogP contribution in [0.2, 0.25) is 0 Å². The number of aliphatic hydroxyl groups excluding tert-OH is 1. The molecule has 0 rings (SSSR count). The fourth-order valence-electron chi connectivity index (χ4n) is 10.6. The van der Waals surface area contributed by atoms with Crippen LogP contribution in [-0.2, 0) is 18.4 Å². The molecule has 1 amide bonds. The van der Waals surface area contributed by atoms with E-state index in [0.29, 0.717) is 17.4 Å². The minimum atomic E-state index is -4.62. The number of phosphoric acid groups is 1. The van der Waals surface area contributed by atoms with Crippen molar-refractivity contribution < 1.29 is 32.9 Å². The summed E-state index contributed by atoms with van der Waals surface area (Å²) in [5, 5.41) is 13.9. The Morgan fingerprint density at radius 3 is 1.04 bits per heavy atom. The molecule has 514 valence electrons.